The largest absolute Gasteiger partial charge is 0.453 e. The van der Waals surface area contributed by atoms with E-state index in [-0.39, 0.29) is 10.8 Å². The van der Waals surface area contributed by atoms with Gasteiger partial charge in [-0.05, 0) is 165 Å². The van der Waals surface area contributed by atoms with E-state index in [0.717, 1.165) is 106 Å². The number of hydrogen-bond acceptors (Lipinski definition) is 4. The van der Waals surface area contributed by atoms with E-state index in [2.05, 4.69) is 416 Å². The van der Waals surface area contributed by atoms with Crippen LogP contribution in [-0.2, 0) is 16.2 Å². The molecule has 0 bridgehead atoms. The molecule has 2 aliphatic rings. The number of aryl methyl sites for hydroxylation is 1. The molecule has 0 aliphatic heterocycles. The number of hydrogen-bond donors (Lipinski definition) is 0. The average Bonchev–Trinajstić information content (AvgIpc) is 1.50. The van der Waals surface area contributed by atoms with Crippen LogP contribution in [0.2, 0.25) is 0 Å². The van der Waals surface area contributed by atoms with Crippen LogP contribution in [0, 0.1) is 6.92 Å². The Kier molecular flexibility index (Phi) is 15.2. The van der Waals surface area contributed by atoms with Gasteiger partial charge in [0.2, 0.25) is 0 Å². The predicted molar refractivity (Wildman–Crippen MR) is 461 cm³/mol. The lowest BCUT2D eigenvalue weighted by Gasteiger charge is -2.34. The van der Waals surface area contributed by atoms with Crippen LogP contribution in [0.25, 0.3) is 99.2 Å². The molecule has 1 spiro atoms. The predicted octanol–water partition coefficient (Wildman–Crippen LogP) is 25.5. The standard InChI is InChI=1S/C104H80N2O2Si/c1-67-47-49-68(50-48-67)79-37-23-40-86-88-42-26-46-95(101(88)108-98(79)86)106(73-59-55-71(56-60-73)103(5,6)7)96-66-93-97(84-36-18-17-35-83(84)96)89-64-61-74(65-92(89)104(93)90-43-21-19-33-81(90)82-34-20-22-44-91(82)104)105(72-57-53-70(54-58-72)102(2,3)4)94-45-25-41-87-85-39-24-38-80(99(85)107-100(87)94)69-51-62-78(63-52-69)109(75-27-11-8-12-28-75,76-29-13-9-14-30-76)77-31-15-10-16-32-77/h8-66H,1-7H3. The Morgan fingerprint density at radius 3 is 1.15 bits per heavy atom. The molecular formula is C104H80N2O2Si. The van der Waals surface area contributed by atoms with E-state index in [0.29, 0.717) is 0 Å². The second kappa shape index (κ2) is 25.2. The van der Waals surface area contributed by atoms with Crippen LogP contribution in [0.3, 0.4) is 0 Å². The SMILES string of the molecule is Cc1ccc(-c2cccc3c2oc2c(N(c4ccc(C(C)(C)C)cc4)c4cc5c(c6ccccc46)-c4ccc(N(c6ccc(C(C)(C)C)cc6)c6cccc7c6oc6c(-c8ccc([Si](c9ccccc9)(c9ccccc9)c9ccccc9)cc8)cccc67)cc4C54c5ccccc5-c5ccccc54)cccc23)cc1. The smallest absolute Gasteiger partial charge is 0.179 e. The highest BCUT2D eigenvalue weighted by atomic mass is 28.3. The van der Waals surface area contributed by atoms with E-state index in [4.69, 9.17) is 8.83 Å². The van der Waals surface area contributed by atoms with Crippen LogP contribution in [0.1, 0.15) is 80.5 Å². The Hall–Kier alpha value is -12.8. The second-order valence-electron chi connectivity index (χ2n) is 31.9. The summed E-state index contributed by atoms with van der Waals surface area (Å²) in [6.07, 6.45) is 0. The molecule has 0 radical (unpaired) electrons. The monoisotopic (exact) mass is 1420 g/mol. The molecule has 0 amide bonds. The van der Waals surface area contributed by atoms with Crippen molar-refractivity contribution in [2.24, 2.45) is 0 Å². The Bertz CT molecular complexity index is 6460. The number of nitrogens with zero attached hydrogens (tertiary/aromatic N) is 2. The van der Waals surface area contributed by atoms with Crippen molar-refractivity contribution in [3.05, 3.63) is 397 Å². The fraction of sp³-hybridized carbons (Fsp3) is 0.0962. The molecule has 20 rings (SSSR count). The van der Waals surface area contributed by atoms with Gasteiger partial charge in [-0.15, -0.1) is 0 Å². The average molecular weight is 1420 g/mol. The fourth-order valence-electron chi connectivity index (χ4n) is 18.5. The topological polar surface area (TPSA) is 32.8 Å². The van der Waals surface area contributed by atoms with Crippen molar-refractivity contribution < 1.29 is 8.83 Å². The first-order chi connectivity index (χ1) is 53.2. The van der Waals surface area contributed by atoms with Gasteiger partial charge < -0.3 is 18.6 Å². The molecular weight excluding hydrogens is 1340 g/mol. The molecule has 0 saturated heterocycles. The third kappa shape index (κ3) is 10.2. The van der Waals surface area contributed by atoms with Gasteiger partial charge in [-0.2, -0.15) is 0 Å². The summed E-state index contributed by atoms with van der Waals surface area (Å²) < 4.78 is 15.1. The molecule has 522 valence electrons. The lowest BCUT2D eigenvalue weighted by Crippen LogP contribution is -2.74. The van der Waals surface area contributed by atoms with E-state index in [1.54, 1.807) is 0 Å². The van der Waals surface area contributed by atoms with Gasteiger partial charge in [0, 0.05) is 55.1 Å². The Balaban J connectivity index is 0.799. The summed E-state index contributed by atoms with van der Waals surface area (Å²) >= 11 is 0. The summed E-state index contributed by atoms with van der Waals surface area (Å²) in [6, 6.07) is 134. The summed E-state index contributed by atoms with van der Waals surface area (Å²) in [7, 11) is -2.78. The van der Waals surface area contributed by atoms with Crippen LogP contribution < -0.4 is 30.5 Å². The molecule has 2 heterocycles. The van der Waals surface area contributed by atoms with Gasteiger partial charge in [-0.25, -0.2) is 0 Å². The molecule has 0 N–H and O–H groups in total. The molecule has 0 unspecified atom stereocenters. The highest BCUT2D eigenvalue weighted by Crippen LogP contribution is 2.66. The van der Waals surface area contributed by atoms with Gasteiger partial charge in [-0.1, -0.05) is 350 Å². The quantitative estimate of drug-likeness (QED) is 0.0901. The number of anilines is 6. The molecule has 4 nitrogen and oxygen atoms in total. The molecule has 16 aromatic carbocycles. The van der Waals surface area contributed by atoms with Crippen LogP contribution in [0.5, 0.6) is 0 Å². The number of rotatable bonds is 12. The zero-order valence-electron chi connectivity index (χ0n) is 62.3. The first-order valence-electron chi connectivity index (χ1n) is 38.2. The summed E-state index contributed by atoms with van der Waals surface area (Å²) in [6.45, 7) is 15.9. The van der Waals surface area contributed by atoms with Crippen LogP contribution in [0.15, 0.2) is 367 Å². The minimum atomic E-state index is -2.78. The highest BCUT2D eigenvalue weighted by molar-refractivity contribution is 7.19. The molecule has 2 aliphatic carbocycles. The Labute approximate surface area is 638 Å². The highest BCUT2D eigenvalue weighted by Gasteiger charge is 2.53. The minimum Gasteiger partial charge on any atom is -0.453 e. The lowest BCUT2D eigenvalue weighted by molar-refractivity contribution is 0.590. The number of para-hydroxylation sites is 4. The third-order valence-electron chi connectivity index (χ3n) is 23.6. The molecule has 18 aromatic rings. The van der Waals surface area contributed by atoms with Gasteiger partial charge >= 0.3 is 0 Å². The van der Waals surface area contributed by atoms with Gasteiger partial charge in [0.1, 0.15) is 11.2 Å². The summed E-state index contributed by atoms with van der Waals surface area (Å²) in [4.78, 5) is 4.95. The van der Waals surface area contributed by atoms with Gasteiger partial charge in [-0.3, -0.25) is 0 Å². The molecule has 109 heavy (non-hydrogen) atoms. The molecule has 2 aromatic heterocycles. The van der Waals surface area contributed by atoms with Crippen molar-refractivity contribution in [1.82, 2.24) is 0 Å². The van der Waals surface area contributed by atoms with E-state index < -0.39 is 13.5 Å². The van der Waals surface area contributed by atoms with E-state index in [9.17, 15) is 0 Å². The van der Waals surface area contributed by atoms with Gasteiger partial charge in [0.25, 0.3) is 0 Å². The van der Waals surface area contributed by atoms with Crippen LogP contribution in [-0.4, -0.2) is 8.07 Å². The lowest BCUT2D eigenvalue weighted by atomic mass is 9.70. The molecule has 5 heteroatoms. The van der Waals surface area contributed by atoms with E-state index in [1.807, 2.05) is 0 Å². The number of furan rings is 2. The van der Waals surface area contributed by atoms with Crippen molar-refractivity contribution in [2.45, 2.75) is 64.7 Å². The maximum atomic E-state index is 7.62. The van der Waals surface area contributed by atoms with E-state index in [1.165, 1.54) is 87.3 Å². The van der Waals surface area contributed by atoms with Crippen molar-refractivity contribution >= 4 is 118 Å². The zero-order chi connectivity index (χ0) is 73.5. The van der Waals surface area contributed by atoms with Crippen molar-refractivity contribution in [3.8, 4) is 44.5 Å². The summed E-state index contributed by atoms with van der Waals surface area (Å²) in [5.41, 5.74) is 26.5. The maximum Gasteiger partial charge on any atom is 0.179 e. The van der Waals surface area contributed by atoms with Crippen LogP contribution in [0.4, 0.5) is 34.1 Å². The minimum absolute atomic E-state index is 0.0667. The van der Waals surface area contributed by atoms with Crippen LogP contribution >= 0.6 is 0 Å². The van der Waals surface area contributed by atoms with Gasteiger partial charge in [0.15, 0.2) is 19.2 Å². The van der Waals surface area contributed by atoms with Crippen molar-refractivity contribution in [3.63, 3.8) is 0 Å². The second-order valence-corrected chi connectivity index (χ2v) is 35.7. The normalized spacial score (nSPS) is 13.0. The molecule has 0 atom stereocenters. The van der Waals surface area contributed by atoms with E-state index >= 15 is 0 Å². The summed E-state index contributed by atoms with van der Waals surface area (Å²) in [5.74, 6) is 0. The first-order valence-corrected chi connectivity index (χ1v) is 40.2. The van der Waals surface area contributed by atoms with Gasteiger partial charge in [0.05, 0.1) is 22.5 Å². The Morgan fingerprint density at radius 2 is 0.651 bits per heavy atom. The van der Waals surface area contributed by atoms with Crippen molar-refractivity contribution in [2.75, 3.05) is 9.80 Å². The van der Waals surface area contributed by atoms with Crippen molar-refractivity contribution in [1.29, 1.82) is 0 Å². The molecule has 0 saturated carbocycles. The molecule has 0 fully saturated rings. The fourth-order valence-corrected chi connectivity index (χ4v) is 23.2. The maximum absolute atomic E-state index is 7.62. The zero-order valence-corrected chi connectivity index (χ0v) is 63.3. The number of fused-ring (bicyclic) bond motifs is 18. The first kappa shape index (κ1) is 65.7. The third-order valence-corrected chi connectivity index (χ3v) is 28.4. The summed E-state index contributed by atoms with van der Waals surface area (Å²) in [5, 5.41) is 11.9. The Morgan fingerprint density at radius 1 is 0.266 bits per heavy atom. The number of benzene rings is 16.